The zero-order valence-corrected chi connectivity index (χ0v) is 7.03. The first kappa shape index (κ1) is 6.53. The molecule has 0 saturated heterocycles. The Labute approximate surface area is 72.6 Å². The van der Waals surface area contributed by atoms with Crippen LogP contribution in [0.4, 0.5) is 0 Å². The average Bonchev–Trinajstić information content (AvgIpc) is 2.55. The second-order valence-corrected chi connectivity index (χ2v) is 4.24. The van der Waals surface area contributed by atoms with E-state index in [1.165, 1.54) is 12.8 Å². The molecule has 3 rings (SSSR count). The molecule has 0 aromatic heterocycles. The summed E-state index contributed by atoms with van der Waals surface area (Å²) in [5.74, 6) is 1.40. The van der Waals surface area contributed by atoms with Crippen LogP contribution in [0.25, 0.3) is 0 Å². The highest BCUT2D eigenvalue weighted by atomic mass is 14.7. The van der Waals surface area contributed by atoms with Gasteiger partial charge in [0, 0.05) is 11.1 Å². The van der Waals surface area contributed by atoms with E-state index in [2.05, 4.69) is 30.4 Å². The van der Waals surface area contributed by atoms with E-state index in [0.717, 1.165) is 11.6 Å². The zero-order valence-electron chi connectivity index (χ0n) is 7.03. The van der Waals surface area contributed by atoms with Crippen molar-refractivity contribution in [3.8, 4) is 0 Å². The van der Waals surface area contributed by atoms with Crippen LogP contribution in [0.5, 0.6) is 0 Å². The maximum Gasteiger partial charge on any atom is 0.0153 e. The highest BCUT2D eigenvalue weighted by Crippen LogP contribution is 2.57. The van der Waals surface area contributed by atoms with E-state index in [1.807, 2.05) is 0 Å². The molecule has 12 heavy (non-hydrogen) atoms. The van der Waals surface area contributed by atoms with E-state index >= 15 is 0 Å². The van der Waals surface area contributed by atoms with Gasteiger partial charge in [0.15, 0.2) is 0 Å². The molecule has 1 nitrogen and oxygen atoms in total. The lowest BCUT2D eigenvalue weighted by molar-refractivity contribution is 0.418. The van der Waals surface area contributed by atoms with E-state index in [9.17, 15) is 0 Å². The second kappa shape index (κ2) is 1.85. The summed E-state index contributed by atoms with van der Waals surface area (Å²) in [6.45, 7) is 0. The fourth-order valence-corrected chi connectivity index (χ4v) is 2.97. The van der Waals surface area contributed by atoms with Gasteiger partial charge in [0.25, 0.3) is 0 Å². The van der Waals surface area contributed by atoms with E-state index in [-0.39, 0.29) is 0 Å². The normalized spacial score (nSPS) is 47.8. The van der Waals surface area contributed by atoms with Crippen molar-refractivity contribution in [1.29, 1.82) is 0 Å². The molecule has 3 atom stereocenters. The number of hydrogen-bond donors (Lipinski definition) is 1. The van der Waals surface area contributed by atoms with Gasteiger partial charge in [-0.15, -0.1) is 0 Å². The van der Waals surface area contributed by atoms with E-state index in [0.29, 0.717) is 11.3 Å². The summed E-state index contributed by atoms with van der Waals surface area (Å²) >= 11 is 0. The molecule has 0 radical (unpaired) electrons. The van der Waals surface area contributed by atoms with Gasteiger partial charge in [-0.2, -0.15) is 0 Å². The number of rotatable bonds is 0. The molecule has 2 N–H and O–H groups in total. The Hall–Kier alpha value is -0.980. The number of allylic oxidation sites excluding steroid dienone is 6. The van der Waals surface area contributed by atoms with Crippen LogP contribution in [-0.4, -0.2) is 0 Å². The van der Waals surface area contributed by atoms with Crippen molar-refractivity contribution in [3.63, 3.8) is 0 Å². The largest absolute Gasteiger partial charge is 0.402 e. The number of hydrogen-bond acceptors (Lipinski definition) is 1. The highest BCUT2D eigenvalue weighted by Gasteiger charge is 2.49. The van der Waals surface area contributed by atoms with Crippen LogP contribution in [0.15, 0.2) is 36.1 Å². The summed E-state index contributed by atoms with van der Waals surface area (Å²) in [7, 11) is 0. The molecule has 3 aliphatic rings. The predicted octanol–water partition coefficient (Wildman–Crippen LogP) is 1.98. The second-order valence-electron chi connectivity index (χ2n) is 4.24. The lowest BCUT2D eigenvalue weighted by Gasteiger charge is -2.29. The van der Waals surface area contributed by atoms with Gasteiger partial charge in [0.2, 0.25) is 0 Å². The maximum absolute atomic E-state index is 5.92. The van der Waals surface area contributed by atoms with Gasteiger partial charge in [0.05, 0.1) is 0 Å². The third-order valence-electron chi connectivity index (χ3n) is 3.60. The van der Waals surface area contributed by atoms with Gasteiger partial charge >= 0.3 is 0 Å². The fraction of sp³-hybridized carbons (Fsp3) is 0.455. The summed E-state index contributed by atoms with van der Waals surface area (Å²) in [5.41, 5.74) is 7.38. The monoisotopic (exact) mass is 159 g/mol. The first-order valence-corrected chi connectivity index (χ1v) is 4.64. The lowest BCUT2D eigenvalue weighted by atomic mass is 9.75. The minimum atomic E-state index is 0.323. The SMILES string of the molecule is NC1=CC23C=CC=CC2CC1C3. The molecule has 1 heteroatoms. The molecule has 1 saturated carbocycles. The molecular weight excluding hydrogens is 146 g/mol. The van der Waals surface area contributed by atoms with Crippen molar-refractivity contribution >= 4 is 0 Å². The smallest absolute Gasteiger partial charge is 0.0153 e. The van der Waals surface area contributed by atoms with Gasteiger partial charge in [-0.1, -0.05) is 30.4 Å². The van der Waals surface area contributed by atoms with Crippen LogP contribution in [-0.2, 0) is 0 Å². The van der Waals surface area contributed by atoms with Crippen molar-refractivity contribution in [2.75, 3.05) is 0 Å². The molecule has 3 aliphatic carbocycles. The third-order valence-corrected chi connectivity index (χ3v) is 3.60. The predicted molar refractivity (Wildman–Crippen MR) is 49.2 cm³/mol. The molecule has 0 amide bonds. The summed E-state index contributed by atoms with van der Waals surface area (Å²) in [6, 6.07) is 0. The number of nitrogens with two attached hydrogens (primary N) is 1. The molecule has 0 aliphatic heterocycles. The Morgan fingerprint density at radius 2 is 2.33 bits per heavy atom. The Morgan fingerprint density at radius 1 is 1.42 bits per heavy atom. The van der Waals surface area contributed by atoms with Gasteiger partial charge in [-0.25, -0.2) is 0 Å². The molecule has 62 valence electrons. The van der Waals surface area contributed by atoms with Crippen molar-refractivity contribution in [1.82, 2.24) is 0 Å². The van der Waals surface area contributed by atoms with E-state index in [4.69, 9.17) is 5.73 Å². The van der Waals surface area contributed by atoms with E-state index < -0.39 is 0 Å². The van der Waals surface area contributed by atoms with Crippen molar-refractivity contribution in [2.45, 2.75) is 12.8 Å². The van der Waals surface area contributed by atoms with Gasteiger partial charge in [0.1, 0.15) is 0 Å². The van der Waals surface area contributed by atoms with Crippen LogP contribution in [0, 0.1) is 17.3 Å². The average molecular weight is 159 g/mol. The van der Waals surface area contributed by atoms with E-state index in [1.54, 1.807) is 0 Å². The summed E-state index contributed by atoms with van der Waals surface area (Å²) in [6.07, 6.45) is 13.8. The maximum atomic E-state index is 5.92. The first-order valence-electron chi connectivity index (χ1n) is 4.64. The Balaban J connectivity index is 2.12. The Morgan fingerprint density at radius 3 is 3.17 bits per heavy atom. The molecular formula is C11H13N. The van der Waals surface area contributed by atoms with Gasteiger partial charge in [-0.3, -0.25) is 0 Å². The molecule has 0 heterocycles. The highest BCUT2D eigenvalue weighted by molar-refractivity contribution is 5.36. The molecule has 1 spiro atoms. The topological polar surface area (TPSA) is 26.0 Å². The van der Waals surface area contributed by atoms with Gasteiger partial charge < -0.3 is 5.73 Å². The Bertz CT molecular complexity index is 311. The van der Waals surface area contributed by atoms with Gasteiger partial charge in [-0.05, 0) is 24.7 Å². The fourth-order valence-electron chi connectivity index (χ4n) is 2.97. The minimum absolute atomic E-state index is 0.323. The van der Waals surface area contributed by atoms with Crippen molar-refractivity contribution < 1.29 is 0 Å². The van der Waals surface area contributed by atoms with Crippen LogP contribution < -0.4 is 5.73 Å². The summed E-state index contributed by atoms with van der Waals surface area (Å²) in [4.78, 5) is 0. The molecule has 1 fully saturated rings. The molecule has 2 bridgehead atoms. The quantitative estimate of drug-likeness (QED) is 0.574. The summed E-state index contributed by atoms with van der Waals surface area (Å²) < 4.78 is 0. The molecule has 0 aromatic rings. The minimum Gasteiger partial charge on any atom is -0.402 e. The third kappa shape index (κ3) is 0.603. The standard InChI is InChI=1S/C11H13N/c12-10-7-11-4-2-1-3-9(11)5-8(10)6-11/h1-4,7-9H,5-6,12H2. The molecule has 3 unspecified atom stereocenters. The lowest BCUT2D eigenvalue weighted by Crippen LogP contribution is -2.22. The Kier molecular flexibility index (Phi) is 1.00. The first-order chi connectivity index (χ1) is 5.80. The molecule has 0 aromatic carbocycles. The van der Waals surface area contributed by atoms with Crippen LogP contribution >= 0.6 is 0 Å². The zero-order chi connectivity index (χ0) is 8.18. The van der Waals surface area contributed by atoms with Crippen molar-refractivity contribution in [3.05, 3.63) is 36.1 Å². The summed E-state index contributed by atoms with van der Waals surface area (Å²) in [5, 5.41) is 0. The van der Waals surface area contributed by atoms with Crippen LogP contribution in [0.3, 0.4) is 0 Å². The van der Waals surface area contributed by atoms with Crippen molar-refractivity contribution in [2.24, 2.45) is 23.0 Å². The van der Waals surface area contributed by atoms with Crippen LogP contribution in [0.2, 0.25) is 0 Å². The van der Waals surface area contributed by atoms with Crippen LogP contribution in [0.1, 0.15) is 12.8 Å². The number of fused-ring (bicyclic) bond motifs is 1.